The highest BCUT2D eigenvalue weighted by Gasteiger charge is 2.47. The Morgan fingerprint density at radius 3 is 2.00 bits per heavy atom. The van der Waals surface area contributed by atoms with Gasteiger partial charge in [0.25, 0.3) is 5.91 Å². The van der Waals surface area contributed by atoms with Gasteiger partial charge in [-0.1, -0.05) is 42.5 Å². The first-order valence-corrected chi connectivity index (χ1v) is 7.84. The molecule has 0 radical (unpaired) electrons. The van der Waals surface area contributed by atoms with Gasteiger partial charge >= 0.3 is 15.5 Å². The minimum Gasteiger partial charge on any atom is -0.268 e. The number of sulfonamides is 1. The third-order valence-electron chi connectivity index (χ3n) is 3.16. The molecule has 122 valence electrons. The van der Waals surface area contributed by atoms with Crippen molar-refractivity contribution >= 4 is 32.3 Å². The van der Waals surface area contributed by atoms with Crippen LogP contribution in [0.15, 0.2) is 43.0 Å². The molecule has 0 unspecified atom stereocenters. The number of nitrogens with one attached hydrogen (secondary N) is 1. The standard InChI is InChI=1S/C15H12F3NO3S/c1-9(2)10-7-8-13(12-6-4-3-5-11(10)12)14(20)19-23(21,22)15(16,17)18/h3-8H,1H2,2H3,(H,19,20). The second-order valence-electron chi connectivity index (χ2n) is 4.87. The largest absolute Gasteiger partial charge is 0.516 e. The van der Waals surface area contributed by atoms with E-state index in [-0.39, 0.29) is 5.56 Å². The molecule has 2 aromatic carbocycles. The number of hydrogen-bond acceptors (Lipinski definition) is 3. The Balaban J connectivity index is 2.56. The molecular weight excluding hydrogens is 331 g/mol. The first-order chi connectivity index (χ1) is 10.5. The fourth-order valence-electron chi connectivity index (χ4n) is 2.10. The van der Waals surface area contributed by atoms with E-state index in [1.807, 2.05) is 0 Å². The average molecular weight is 343 g/mol. The van der Waals surface area contributed by atoms with Crippen LogP contribution in [0.5, 0.6) is 0 Å². The van der Waals surface area contributed by atoms with Gasteiger partial charge in [0.1, 0.15) is 0 Å². The predicted molar refractivity (Wildman–Crippen MR) is 81.1 cm³/mol. The molecule has 0 aromatic heterocycles. The van der Waals surface area contributed by atoms with Gasteiger partial charge in [0, 0.05) is 5.56 Å². The summed E-state index contributed by atoms with van der Waals surface area (Å²) in [6.07, 6.45) is 0. The summed E-state index contributed by atoms with van der Waals surface area (Å²) in [6, 6.07) is 9.28. The topological polar surface area (TPSA) is 63.2 Å². The van der Waals surface area contributed by atoms with Gasteiger partial charge in [0.05, 0.1) is 0 Å². The van der Waals surface area contributed by atoms with Crippen molar-refractivity contribution in [3.63, 3.8) is 0 Å². The Bertz CT molecular complexity index is 902. The maximum Gasteiger partial charge on any atom is 0.516 e. The smallest absolute Gasteiger partial charge is 0.268 e. The van der Waals surface area contributed by atoms with E-state index in [2.05, 4.69) is 6.58 Å². The van der Waals surface area contributed by atoms with Crippen molar-refractivity contribution in [1.29, 1.82) is 0 Å². The molecule has 1 amide bonds. The third-order valence-corrected chi connectivity index (χ3v) is 4.22. The minimum absolute atomic E-state index is 0.168. The highest BCUT2D eigenvalue weighted by Crippen LogP contribution is 2.28. The molecule has 0 aliphatic carbocycles. The van der Waals surface area contributed by atoms with Crippen LogP contribution in [0.25, 0.3) is 16.3 Å². The van der Waals surface area contributed by atoms with Gasteiger partial charge in [-0.05, 0) is 29.3 Å². The quantitative estimate of drug-likeness (QED) is 0.928. The summed E-state index contributed by atoms with van der Waals surface area (Å²) in [5, 5.41) is 0.930. The molecule has 0 aliphatic heterocycles. The van der Waals surface area contributed by atoms with Crippen LogP contribution in [0.3, 0.4) is 0 Å². The van der Waals surface area contributed by atoms with Crippen LogP contribution in [0.2, 0.25) is 0 Å². The number of benzene rings is 2. The van der Waals surface area contributed by atoms with Crippen molar-refractivity contribution < 1.29 is 26.4 Å². The lowest BCUT2D eigenvalue weighted by atomic mass is 9.96. The van der Waals surface area contributed by atoms with Crippen LogP contribution < -0.4 is 4.72 Å². The SMILES string of the molecule is C=C(C)c1ccc(C(=O)NS(=O)(=O)C(F)(F)F)c2ccccc12. The Morgan fingerprint density at radius 2 is 1.52 bits per heavy atom. The Labute approximate surface area is 130 Å². The molecule has 2 rings (SSSR count). The fraction of sp³-hybridized carbons (Fsp3) is 0.133. The number of rotatable bonds is 3. The van der Waals surface area contributed by atoms with E-state index >= 15 is 0 Å². The number of hydrogen-bond donors (Lipinski definition) is 1. The van der Waals surface area contributed by atoms with E-state index in [4.69, 9.17) is 0 Å². The first kappa shape index (κ1) is 17.0. The molecule has 0 spiro atoms. The van der Waals surface area contributed by atoms with Crippen LogP contribution in [-0.2, 0) is 10.0 Å². The molecule has 0 aliphatic rings. The Hall–Kier alpha value is -2.35. The van der Waals surface area contributed by atoms with E-state index < -0.39 is 21.4 Å². The lowest BCUT2D eigenvalue weighted by molar-refractivity contribution is -0.0446. The van der Waals surface area contributed by atoms with Crippen molar-refractivity contribution in [2.45, 2.75) is 12.4 Å². The van der Waals surface area contributed by atoms with Gasteiger partial charge < -0.3 is 0 Å². The lowest BCUT2D eigenvalue weighted by Gasteiger charge is -2.13. The van der Waals surface area contributed by atoms with Crippen LogP contribution >= 0.6 is 0 Å². The molecule has 2 aromatic rings. The molecule has 0 saturated carbocycles. The summed E-state index contributed by atoms with van der Waals surface area (Å²) in [5.41, 5.74) is -4.30. The average Bonchev–Trinajstić information content (AvgIpc) is 2.44. The molecule has 1 N–H and O–H groups in total. The van der Waals surface area contributed by atoms with E-state index in [1.165, 1.54) is 18.2 Å². The predicted octanol–water partition coefficient (Wildman–Crippen LogP) is 3.45. The maximum absolute atomic E-state index is 12.4. The summed E-state index contributed by atoms with van der Waals surface area (Å²) >= 11 is 0. The monoisotopic (exact) mass is 343 g/mol. The van der Waals surface area contributed by atoms with Gasteiger partial charge in [-0.15, -0.1) is 0 Å². The molecule has 8 heteroatoms. The van der Waals surface area contributed by atoms with Gasteiger partial charge in [-0.2, -0.15) is 21.6 Å². The van der Waals surface area contributed by atoms with Gasteiger partial charge in [-0.25, -0.2) is 4.72 Å². The summed E-state index contributed by atoms with van der Waals surface area (Å²) in [7, 11) is -5.76. The number of carbonyl (C=O) groups is 1. The number of halogens is 3. The number of fused-ring (bicyclic) bond motifs is 1. The molecular formula is C15H12F3NO3S. The number of amides is 1. The lowest BCUT2D eigenvalue weighted by Crippen LogP contribution is -2.40. The van der Waals surface area contributed by atoms with E-state index in [1.54, 1.807) is 25.1 Å². The van der Waals surface area contributed by atoms with Gasteiger partial charge in [0.2, 0.25) is 0 Å². The van der Waals surface area contributed by atoms with Crippen LogP contribution in [-0.4, -0.2) is 19.8 Å². The Morgan fingerprint density at radius 1 is 1.04 bits per heavy atom. The van der Waals surface area contributed by atoms with Gasteiger partial charge in [-0.3, -0.25) is 4.79 Å². The zero-order chi connectivity index (χ0) is 17.4. The summed E-state index contributed by atoms with van der Waals surface area (Å²) in [6.45, 7) is 5.54. The molecule has 0 saturated heterocycles. The van der Waals surface area contributed by atoms with Gasteiger partial charge in [0.15, 0.2) is 0 Å². The molecule has 0 heterocycles. The Kier molecular flexibility index (Phi) is 4.21. The van der Waals surface area contributed by atoms with Crippen molar-refractivity contribution in [1.82, 2.24) is 4.72 Å². The molecule has 23 heavy (non-hydrogen) atoms. The second-order valence-corrected chi connectivity index (χ2v) is 6.54. The molecule has 0 bridgehead atoms. The van der Waals surface area contributed by atoms with Crippen LogP contribution in [0.4, 0.5) is 13.2 Å². The summed E-state index contributed by atoms with van der Waals surface area (Å²) < 4.78 is 60.3. The molecule has 0 fully saturated rings. The summed E-state index contributed by atoms with van der Waals surface area (Å²) in [4.78, 5) is 12.0. The molecule has 4 nitrogen and oxygen atoms in total. The maximum atomic E-state index is 12.4. The highest BCUT2D eigenvalue weighted by atomic mass is 32.2. The van der Waals surface area contributed by atoms with Crippen molar-refractivity contribution in [2.24, 2.45) is 0 Å². The number of allylic oxidation sites excluding steroid dienone is 1. The third kappa shape index (κ3) is 3.21. The number of carbonyl (C=O) groups excluding carboxylic acids is 1. The first-order valence-electron chi connectivity index (χ1n) is 6.35. The van der Waals surface area contributed by atoms with E-state index in [9.17, 15) is 26.4 Å². The minimum atomic E-state index is -5.76. The fourth-order valence-corrected chi connectivity index (χ4v) is 2.57. The van der Waals surface area contributed by atoms with Crippen molar-refractivity contribution in [3.05, 3.63) is 54.1 Å². The highest BCUT2D eigenvalue weighted by molar-refractivity contribution is 7.90. The molecule has 0 atom stereocenters. The van der Waals surface area contributed by atoms with Crippen molar-refractivity contribution in [3.8, 4) is 0 Å². The second kappa shape index (κ2) is 5.69. The summed E-state index contributed by atoms with van der Waals surface area (Å²) in [5.74, 6) is -1.34. The van der Waals surface area contributed by atoms with E-state index in [0.29, 0.717) is 16.3 Å². The van der Waals surface area contributed by atoms with Crippen LogP contribution in [0.1, 0.15) is 22.8 Å². The van der Waals surface area contributed by atoms with Crippen molar-refractivity contribution in [2.75, 3.05) is 0 Å². The van der Waals surface area contributed by atoms with Crippen LogP contribution in [0, 0.1) is 0 Å². The number of alkyl halides is 3. The normalized spacial score (nSPS) is 12.2. The zero-order valence-electron chi connectivity index (χ0n) is 11.9. The zero-order valence-corrected chi connectivity index (χ0v) is 12.8. The van der Waals surface area contributed by atoms with E-state index in [0.717, 1.165) is 10.3 Å².